The van der Waals surface area contributed by atoms with Gasteiger partial charge in [0, 0.05) is 39.3 Å². The van der Waals surface area contributed by atoms with Gasteiger partial charge in [-0.05, 0) is 51.1 Å². The minimum absolute atomic E-state index is 0.474. The second kappa shape index (κ2) is 12.6. The molecule has 2 heterocycles. The highest BCUT2D eigenvalue weighted by atomic mass is 19.4. The summed E-state index contributed by atoms with van der Waals surface area (Å²) < 4.78 is 42.8. The Kier molecular flexibility index (Phi) is 10.5. The first-order valence-corrected chi connectivity index (χ1v) is 11.0. The monoisotopic (exact) mass is 421 g/mol. The fourth-order valence-corrected chi connectivity index (χ4v) is 3.95. The summed E-state index contributed by atoms with van der Waals surface area (Å²) in [6.07, 6.45) is -1.46. The summed E-state index contributed by atoms with van der Waals surface area (Å²) in [6.45, 7) is 11.6. The minimum atomic E-state index is -4.09. The van der Waals surface area contributed by atoms with Crippen LogP contribution in [0, 0.1) is 11.8 Å². The SMILES string of the molecule is CCNC(=NCC(C)CN1CCOCC1)NCCC1CCN(CC(F)(F)F)CC1. The summed E-state index contributed by atoms with van der Waals surface area (Å²) in [4.78, 5) is 8.66. The molecule has 2 saturated heterocycles. The van der Waals surface area contributed by atoms with Gasteiger partial charge in [-0.1, -0.05) is 6.92 Å². The average molecular weight is 422 g/mol. The van der Waals surface area contributed by atoms with Crippen molar-refractivity contribution >= 4 is 5.96 Å². The van der Waals surface area contributed by atoms with Gasteiger partial charge in [-0.3, -0.25) is 14.8 Å². The smallest absolute Gasteiger partial charge is 0.379 e. The lowest BCUT2D eigenvalue weighted by atomic mass is 9.93. The lowest BCUT2D eigenvalue weighted by Crippen LogP contribution is -2.42. The zero-order valence-electron chi connectivity index (χ0n) is 17.9. The average Bonchev–Trinajstić information content (AvgIpc) is 2.67. The summed E-state index contributed by atoms with van der Waals surface area (Å²) in [7, 11) is 0. The maximum absolute atomic E-state index is 12.5. The van der Waals surface area contributed by atoms with Crippen molar-refractivity contribution in [3.8, 4) is 0 Å². The molecule has 2 aliphatic rings. The quantitative estimate of drug-likeness (QED) is 0.442. The number of guanidine groups is 1. The van der Waals surface area contributed by atoms with Crippen LogP contribution >= 0.6 is 0 Å². The Morgan fingerprint density at radius 3 is 2.41 bits per heavy atom. The highest BCUT2D eigenvalue weighted by molar-refractivity contribution is 5.79. The van der Waals surface area contributed by atoms with E-state index in [0.717, 1.165) is 77.7 Å². The fourth-order valence-electron chi connectivity index (χ4n) is 3.95. The fraction of sp³-hybridized carbons (Fsp3) is 0.950. The third-order valence-corrected chi connectivity index (χ3v) is 5.53. The van der Waals surface area contributed by atoms with Gasteiger partial charge < -0.3 is 15.4 Å². The molecule has 0 aliphatic carbocycles. The molecule has 2 aliphatic heterocycles. The molecule has 170 valence electrons. The second-order valence-electron chi connectivity index (χ2n) is 8.29. The third-order valence-electron chi connectivity index (χ3n) is 5.53. The molecule has 6 nitrogen and oxygen atoms in total. The van der Waals surface area contributed by atoms with Gasteiger partial charge >= 0.3 is 6.18 Å². The molecule has 0 bridgehead atoms. The molecular weight excluding hydrogens is 383 g/mol. The van der Waals surface area contributed by atoms with Crippen molar-refractivity contribution < 1.29 is 17.9 Å². The van der Waals surface area contributed by atoms with Crippen molar-refractivity contribution in [2.75, 3.05) is 72.1 Å². The predicted octanol–water partition coefficient (Wildman–Crippen LogP) is 2.17. The summed E-state index contributed by atoms with van der Waals surface area (Å²) >= 11 is 0. The van der Waals surface area contributed by atoms with E-state index in [4.69, 9.17) is 9.73 Å². The lowest BCUT2D eigenvalue weighted by molar-refractivity contribution is -0.148. The molecule has 1 atom stereocenters. The first kappa shape index (κ1) is 24.2. The molecule has 0 spiro atoms. The molecule has 2 N–H and O–H groups in total. The van der Waals surface area contributed by atoms with Gasteiger partial charge in [0.05, 0.1) is 19.8 Å². The number of ether oxygens (including phenoxy) is 1. The first-order chi connectivity index (χ1) is 13.9. The van der Waals surface area contributed by atoms with Crippen LogP contribution in [0.2, 0.25) is 0 Å². The largest absolute Gasteiger partial charge is 0.401 e. The van der Waals surface area contributed by atoms with Crippen molar-refractivity contribution in [1.82, 2.24) is 20.4 Å². The van der Waals surface area contributed by atoms with Crippen LogP contribution in [-0.4, -0.2) is 94.1 Å². The third kappa shape index (κ3) is 10.5. The van der Waals surface area contributed by atoms with Crippen LogP contribution in [0.4, 0.5) is 13.2 Å². The van der Waals surface area contributed by atoms with Crippen LogP contribution in [0.3, 0.4) is 0 Å². The van der Waals surface area contributed by atoms with Gasteiger partial charge in [0.2, 0.25) is 0 Å². The number of hydrogen-bond donors (Lipinski definition) is 2. The number of alkyl halides is 3. The molecule has 0 aromatic heterocycles. The van der Waals surface area contributed by atoms with Crippen molar-refractivity contribution in [2.24, 2.45) is 16.8 Å². The van der Waals surface area contributed by atoms with Crippen LogP contribution in [0.5, 0.6) is 0 Å². The van der Waals surface area contributed by atoms with Crippen molar-refractivity contribution in [2.45, 2.75) is 39.3 Å². The number of aliphatic imine (C=N–C) groups is 1. The number of rotatable bonds is 9. The molecule has 9 heteroatoms. The molecule has 0 aromatic rings. The van der Waals surface area contributed by atoms with Crippen molar-refractivity contribution in [1.29, 1.82) is 0 Å². The zero-order valence-corrected chi connectivity index (χ0v) is 17.9. The van der Waals surface area contributed by atoms with Gasteiger partial charge in [-0.2, -0.15) is 13.2 Å². The van der Waals surface area contributed by atoms with E-state index in [1.165, 1.54) is 4.90 Å². The summed E-state index contributed by atoms with van der Waals surface area (Å²) in [5.74, 6) is 1.78. The summed E-state index contributed by atoms with van der Waals surface area (Å²) in [5, 5.41) is 6.67. The highest BCUT2D eigenvalue weighted by Gasteiger charge is 2.32. The Bertz CT molecular complexity index is 475. The molecule has 1 unspecified atom stereocenters. The van der Waals surface area contributed by atoms with E-state index >= 15 is 0 Å². The predicted molar refractivity (Wildman–Crippen MR) is 110 cm³/mol. The Hall–Kier alpha value is -1.06. The number of likely N-dealkylation sites (tertiary alicyclic amines) is 1. The molecule has 29 heavy (non-hydrogen) atoms. The van der Waals surface area contributed by atoms with Gasteiger partial charge in [0.25, 0.3) is 0 Å². The molecular formula is C20H38F3N5O. The normalized spacial score (nSPS) is 21.9. The Morgan fingerprint density at radius 2 is 1.79 bits per heavy atom. The number of nitrogens with one attached hydrogen (secondary N) is 2. The van der Waals surface area contributed by atoms with Crippen molar-refractivity contribution in [3.63, 3.8) is 0 Å². The van der Waals surface area contributed by atoms with E-state index in [-0.39, 0.29) is 0 Å². The number of hydrogen-bond acceptors (Lipinski definition) is 4. The molecule has 2 fully saturated rings. The summed E-state index contributed by atoms with van der Waals surface area (Å²) in [6, 6.07) is 0. The second-order valence-corrected chi connectivity index (χ2v) is 8.29. The van der Waals surface area contributed by atoms with Crippen LogP contribution in [0.25, 0.3) is 0 Å². The van der Waals surface area contributed by atoms with Gasteiger partial charge in [-0.15, -0.1) is 0 Å². The molecule has 0 saturated carbocycles. The van der Waals surface area contributed by atoms with Crippen LogP contribution in [0.15, 0.2) is 4.99 Å². The van der Waals surface area contributed by atoms with Crippen LogP contribution in [-0.2, 0) is 4.74 Å². The Labute approximate surface area is 173 Å². The molecule has 2 rings (SSSR count). The number of nitrogens with zero attached hydrogens (tertiary/aromatic N) is 3. The number of halogens is 3. The first-order valence-electron chi connectivity index (χ1n) is 11.0. The van der Waals surface area contributed by atoms with E-state index in [9.17, 15) is 13.2 Å². The Morgan fingerprint density at radius 1 is 1.10 bits per heavy atom. The topological polar surface area (TPSA) is 52.1 Å². The highest BCUT2D eigenvalue weighted by Crippen LogP contribution is 2.23. The van der Waals surface area contributed by atoms with Crippen LogP contribution in [0.1, 0.15) is 33.1 Å². The van der Waals surface area contributed by atoms with Gasteiger partial charge in [0.15, 0.2) is 5.96 Å². The van der Waals surface area contributed by atoms with Crippen LogP contribution < -0.4 is 10.6 Å². The van der Waals surface area contributed by atoms with Gasteiger partial charge in [-0.25, -0.2) is 0 Å². The Balaban J connectivity index is 1.64. The maximum Gasteiger partial charge on any atom is 0.401 e. The van der Waals surface area contributed by atoms with E-state index in [1.807, 2.05) is 6.92 Å². The number of piperidine rings is 1. The molecule has 0 aromatic carbocycles. The van der Waals surface area contributed by atoms with E-state index < -0.39 is 12.7 Å². The summed E-state index contributed by atoms with van der Waals surface area (Å²) in [5.41, 5.74) is 0. The lowest BCUT2D eigenvalue weighted by Gasteiger charge is -2.32. The maximum atomic E-state index is 12.5. The zero-order chi connectivity index (χ0) is 21.1. The number of morpholine rings is 1. The van der Waals surface area contributed by atoms with E-state index in [2.05, 4.69) is 22.5 Å². The van der Waals surface area contributed by atoms with Gasteiger partial charge in [0.1, 0.15) is 0 Å². The molecule has 0 radical (unpaired) electrons. The van der Waals surface area contributed by atoms with Crippen molar-refractivity contribution in [3.05, 3.63) is 0 Å². The minimum Gasteiger partial charge on any atom is -0.379 e. The van der Waals surface area contributed by atoms with E-state index in [0.29, 0.717) is 24.9 Å². The standard InChI is InChI=1S/C20H38F3N5O/c1-3-24-19(26-14-17(2)15-27-10-12-29-13-11-27)25-7-4-18-5-8-28(9-6-18)16-20(21,22)23/h17-18H,3-16H2,1-2H3,(H2,24,25,26). The molecule has 0 amide bonds. The van der Waals surface area contributed by atoms with E-state index in [1.54, 1.807) is 0 Å².